The average Bonchev–Trinajstić information content (AvgIpc) is 2.72. The molecule has 1 aliphatic heterocycles. The topological polar surface area (TPSA) is 40.6 Å². The summed E-state index contributed by atoms with van der Waals surface area (Å²) in [5, 5.41) is 0.588. The van der Waals surface area contributed by atoms with Crippen LogP contribution in [0.5, 0.6) is 0 Å². The minimum Gasteiger partial charge on any atom is -0.313 e. The van der Waals surface area contributed by atoms with E-state index in [0.717, 1.165) is 36.8 Å². The van der Waals surface area contributed by atoms with E-state index in [1.54, 1.807) is 11.8 Å². The van der Waals surface area contributed by atoms with Crippen molar-refractivity contribution in [2.24, 2.45) is 0 Å². The first kappa shape index (κ1) is 17.8. The molecule has 3 amide bonds. The number of benzene rings is 1. The summed E-state index contributed by atoms with van der Waals surface area (Å²) in [6.45, 7) is 6.81. The molecule has 1 aliphatic rings. The fourth-order valence-corrected chi connectivity index (χ4v) is 3.09. The summed E-state index contributed by atoms with van der Waals surface area (Å²) in [5.74, 6) is -0.136. The van der Waals surface area contributed by atoms with Gasteiger partial charge in [-0.3, -0.25) is 9.69 Å². The average molecular weight is 337 g/mol. The molecule has 1 aromatic carbocycles. The van der Waals surface area contributed by atoms with Crippen LogP contribution in [-0.4, -0.2) is 34.3 Å². The third kappa shape index (κ3) is 4.05. The van der Waals surface area contributed by atoms with Crippen LogP contribution in [0.25, 0.3) is 0 Å². The number of amides is 3. The monoisotopic (exact) mass is 336 g/mol. The highest BCUT2D eigenvalue weighted by Gasteiger charge is 2.41. The molecule has 0 spiro atoms. The molecule has 0 aliphatic carbocycles. The maximum Gasteiger partial charge on any atom is 0.327 e. The van der Waals surface area contributed by atoms with Crippen LogP contribution < -0.4 is 0 Å². The Morgan fingerprint density at radius 3 is 2.61 bits per heavy atom. The molecule has 23 heavy (non-hydrogen) atoms. The smallest absolute Gasteiger partial charge is 0.313 e. The zero-order valence-corrected chi connectivity index (χ0v) is 14.9. The lowest BCUT2D eigenvalue weighted by atomic mass is 10.1. The Bertz CT molecular complexity index is 588. The molecule has 0 radical (unpaired) electrons. The number of hydrogen-bond acceptors (Lipinski definition) is 2. The van der Waals surface area contributed by atoms with Gasteiger partial charge in [-0.2, -0.15) is 0 Å². The number of rotatable bonds is 7. The molecule has 2 rings (SSSR count). The number of carbonyl (C=O) groups is 2. The first-order chi connectivity index (χ1) is 11.0. The van der Waals surface area contributed by atoms with E-state index in [0.29, 0.717) is 11.6 Å². The molecule has 4 nitrogen and oxygen atoms in total. The van der Waals surface area contributed by atoms with Gasteiger partial charge in [0.1, 0.15) is 6.04 Å². The molecule has 0 saturated carbocycles. The number of unbranched alkanes of at least 4 members (excludes halogenated alkanes) is 3. The number of hydrogen-bond donors (Lipinski definition) is 0. The molecule has 1 aromatic rings. The van der Waals surface area contributed by atoms with Gasteiger partial charge in [0.2, 0.25) is 0 Å². The van der Waals surface area contributed by atoms with Crippen LogP contribution in [0.4, 0.5) is 4.79 Å². The normalized spacial score (nSPS) is 18.2. The van der Waals surface area contributed by atoms with Crippen LogP contribution in [0.15, 0.2) is 18.2 Å². The molecular formula is C18H25ClN2O2. The van der Waals surface area contributed by atoms with E-state index in [2.05, 4.69) is 6.92 Å². The van der Waals surface area contributed by atoms with Crippen LogP contribution in [0, 0.1) is 6.92 Å². The van der Waals surface area contributed by atoms with Gasteiger partial charge in [-0.05, 0) is 31.9 Å². The molecule has 126 valence electrons. The van der Waals surface area contributed by atoms with Crippen molar-refractivity contribution in [2.45, 2.75) is 59.0 Å². The van der Waals surface area contributed by atoms with E-state index in [-0.39, 0.29) is 24.5 Å². The molecule has 5 heteroatoms. The summed E-state index contributed by atoms with van der Waals surface area (Å²) < 4.78 is 0. The summed E-state index contributed by atoms with van der Waals surface area (Å²) in [4.78, 5) is 28.0. The number of halogens is 1. The first-order valence-electron chi connectivity index (χ1n) is 8.32. The van der Waals surface area contributed by atoms with Crippen molar-refractivity contribution in [1.29, 1.82) is 0 Å². The van der Waals surface area contributed by atoms with Crippen molar-refractivity contribution in [3.8, 4) is 0 Å². The largest absolute Gasteiger partial charge is 0.327 e. The molecule has 0 aromatic heterocycles. The fraction of sp³-hybridized carbons (Fsp3) is 0.556. The molecular weight excluding hydrogens is 312 g/mol. The maximum absolute atomic E-state index is 12.6. The number of urea groups is 1. The van der Waals surface area contributed by atoms with Gasteiger partial charge in [-0.25, -0.2) is 4.79 Å². The Morgan fingerprint density at radius 2 is 1.91 bits per heavy atom. The summed E-state index contributed by atoms with van der Waals surface area (Å²) in [7, 11) is 0. The molecule has 1 unspecified atom stereocenters. The molecule has 1 atom stereocenters. The number of aryl methyl sites for hydroxylation is 1. The van der Waals surface area contributed by atoms with E-state index in [9.17, 15) is 9.59 Å². The summed E-state index contributed by atoms with van der Waals surface area (Å²) in [6, 6.07) is 5.08. The van der Waals surface area contributed by atoms with Crippen LogP contribution in [0.2, 0.25) is 5.02 Å². The number of imide groups is 1. The van der Waals surface area contributed by atoms with Gasteiger partial charge in [0.25, 0.3) is 5.91 Å². The number of carbonyl (C=O) groups excluding carboxylic acids is 2. The fourth-order valence-electron chi connectivity index (χ4n) is 2.91. The van der Waals surface area contributed by atoms with Gasteiger partial charge < -0.3 is 4.90 Å². The van der Waals surface area contributed by atoms with Crippen molar-refractivity contribution in [3.05, 3.63) is 34.3 Å². The van der Waals surface area contributed by atoms with E-state index >= 15 is 0 Å². The van der Waals surface area contributed by atoms with Crippen LogP contribution in [-0.2, 0) is 11.3 Å². The zero-order chi connectivity index (χ0) is 17.0. The van der Waals surface area contributed by atoms with E-state index in [1.807, 2.05) is 25.1 Å². The second-order valence-corrected chi connectivity index (χ2v) is 6.64. The summed E-state index contributed by atoms with van der Waals surface area (Å²) >= 11 is 6.20. The Labute approximate surface area is 143 Å². The Morgan fingerprint density at radius 1 is 1.17 bits per heavy atom. The van der Waals surface area contributed by atoms with Crippen LogP contribution >= 0.6 is 11.6 Å². The van der Waals surface area contributed by atoms with Gasteiger partial charge in [-0.1, -0.05) is 55.5 Å². The highest BCUT2D eigenvalue weighted by Crippen LogP contribution is 2.24. The molecule has 1 heterocycles. The maximum atomic E-state index is 12.6. The first-order valence-corrected chi connectivity index (χ1v) is 8.70. The lowest BCUT2D eigenvalue weighted by Gasteiger charge is -2.19. The van der Waals surface area contributed by atoms with Crippen molar-refractivity contribution in [2.75, 3.05) is 6.54 Å². The highest BCUT2D eigenvalue weighted by molar-refractivity contribution is 6.31. The third-order valence-electron chi connectivity index (χ3n) is 4.35. The predicted octanol–water partition coefficient (Wildman–Crippen LogP) is 4.38. The molecule has 0 N–H and O–H groups in total. The van der Waals surface area contributed by atoms with Crippen LogP contribution in [0.1, 0.15) is 50.7 Å². The predicted molar refractivity (Wildman–Crippen MR) is 92.4 cm³/mol. The minimum absolute atomic E-state index is 0.136. The Kier molecular flexibility index (Phi) is 6.05. The van der Waals surface area contributed by atoms with E-state index in [4.69, 9.17) is 11.6 Å². The van der Waals surface area contributed by atoms with Crippen molar-refractivity contribution < 1.29 is 9.59 Å². The summed E-state index contributed by atoms with van der Waals surface area (Å²) in [5.41, 5.74) is 1.88. The lowest BCUT2D eigenvalue weighted by molar-refractivity contribution is -0.128. The van der Waals surface area contributed by atoms with Crippen LogP contribution in [0.3, 0.4) is 0 Å². The van der Waals surface area contributed by atoms with Crippen molar-refractivity contribution in [1.82, 2.24) is 9.80 Å². The minimum atomic E-state index is -0.382. The van der Waals surface area contributed by atoms with E-state index in [1.165, 1.54) is 4.90 Å². The Hall–Kier alpha value is -1.55. The standard InChI is InChI=1S/C18H25ClN2O2/c1-4-5-6-7-10-20-14(3)17(22)21(18(20)23)12-15-11-13(2)8-9-16(15)19/h8-9,11,14H,4-7,10,12H2,1-3H3. The Balaban J connectivity index is 2.06. The van der Waals surface area contributed by atoms with Crippen molar-refractivity contribution in [3.63, 3.8) is 0 Å². The van der Waals surface area contributed by atoms with Gasteiger partial charge in [0.15, 0.2) is 0 Å². The highest BCUT2D eigenvalue weighted by atomic mass is 35.5. The second kappa shape index (κ2) is 7.82. The van der Waals surface area contributed by atoms with Gasteiger partial charge in [0, 0.05) is 11.6 Å². The number of nitrogens with zero attached hydrogens (tertiary/aromatic N) is 2. The third-order valence-corrected chi connectivity index (χ3v) is 4.72. The zero-order valence-electron chi connectivity index (χ0n) is 14.1. The SMILES string of the molecule is CCCCCCN1C(=O)N(Cc2cc(C)ccc2Cl)C(=O)C1C. The van der Waals surface area contributed by atoms with Gasteiger partial charge >= 0.3 is 6.03 Å². The van der Waals surface area contributed by atoms with Gasteiger partial charge in [-0.15, -0.1) is 0 Å². The quantitative estimate of drug-likeness (QED) is 0.547. The molecule has 1 fully saturated rings. The summed E-state index contributed by atoms with van der Waals surface area (Å²) in [6.07, 6.45) is 4.34. The molecule has 1 saturated heterocycles. The lowest BCUT2D eigenvalue weighted by Crippen LogP contribution is -2.34. The van der Waals surface area contributed by atoms with Crippen molar-refractivity contribution >= 4 is 23.5 Å². The molecule has 0 bridgehead atoms. The second-order valence-electron chi connectivity index (χ2n) is 6.23. The van der Waals surface area contributed by atoms with Gasteiger partial charge in [0.05, 0.1) is 6.54 Å². The van der Waals surface area contributed by atoms with E-state index < -0.39 is 0 Å².